The number of carbonyl (C=O) groups excluding carboxylic acids is 1. The number of thioether (sulfide) groups is 1. The van der Waals surface area contributed by atoms with Gasteiger partial charge in [-0.2, -0.15) is 0 Å². The number of hydrogen-bond donors (Lipinski definition) is 1. The van der Waals surface area contributed by atoms with E-state index in [1.807, 2.05) is 12.1 Å². The van der Waals surface area contributed by atoms with Crippen LogP contribution in [-0.4, -0.2) is 20.7 Å². The van der Waals surface area contributed by atoms with E-state index in [-0.39, 0.29) is 5.24 Å². The third-order valence-corrected chi connectivity index (χ3v) is 4.30. The molecule has 1 atom stereocenters. The van der Waals surface area contributed by atoms with Crippen LogP contribution >= 0.6 is 11.8 Å². The van der Waals surface area contributed by atoms with Crippen molar-refractivity contribution in [2.45, 2.75) is 10.6 Å². The fraction of sp³-hybridized carbons (Fsp3) is 0.143. The highest BCUT2D eigenvalue weighted by atomic mass is 32.2. The van der Waals surface area contributed by atoms with Crippen LogP contribution in [0.15, 0.2) is 53.7 Å². The summed E-state index contributed by atoms with van der Waals surface area (Å²) in [6.07, 6.45) is 5.07. The van der Waals surface area contributed by atoms with Crippen molar-refractivity contribution in [2.24, 2.45) is 0 Å². The monoisotopic (exact) mass is 306 g/mol. The Balaban J connectivity index is 1.86. The van der Waals surface area contributed by atoms with Crippen LogP contribution in [0.2, 0.25) is 0 Å². The van der Waals surface area contributed by atoms with E-state index in [9.17, 15) is 9.00 Å². The zero-order valence-electron chi connectivity index (χ0n) is 10.9. The molecular weight excluding hydrogens is 292 g/mol. The first-order chi connectivity index (χ1) is 9.65. The smallest absolute Gasteiger partial charge is 0.283 e. The van der Waals surface area contributed by atoms with E-state index in [0.717, 1.165) is 10.5 Å². The summed E-state index contributed by atoms with van der Waals surface area (Å²) in [6, 6.07) is 10.8. The van der Waals surface area contributed by atoms with E-state index in [1.165, 1.54) is 11.8 Å². The van der Waals surface area contributed by atoms with Gasteiger partial charge in [0.15, 0.2) is 0 Å². The average molecular weight is 306 g/mol. The number of hydrogen-bond acceptors (Lipinski definition) is 4. The van der Waals surface area contributed by atoms with Gasteiger partial charge in [-0.25, -0.2) is 0 Å². The summed E-state index contributed by atoms with van der Waals surface area (Å²) < 4.78 is 11.3. The van der Waals surface area contributed by atoms with Crippen molar-refractivity contribution in [1.82, 2.24) is 4.98 Å². The predicted octanol–water partition coefficient (Wildman–Crippen LogP) is 3.28. The second-order valence-corrected chi connectivity index (χ2v) is 6.37. The molecule has 0 spiro atoms. The molecule has 1 unspecified atom stereocenters. The minimum Gasteiger partial charge on any atom is -0.317 e. The van der Waals surface area contributed by atoms with E-state index in [2.05, 4.69) is 10.3 Å². The summed E-state index contributed by atoms with van der Waals surface area (Å²) in [6.45, 7) is 0. The van der Waals surface area contributed by atoms with Crippen LogP contribution in [-0.2, 0) is 16.6 Å². The largest absolute Gasteiger partial charge is 0.317 e. The summed E-state index contributed by atoms with van der Waals surface area (Å²) in [4.78, 5) is 16.5. The third kappa shape index (κ3) is 4.47. The molecule has 6 heteroatoms. The van der Waals surface area contributed by atoms with Crippen LogP contribution in [0.1, 0.15) is 5.56 Å². The molecule has 0 aliphatic heterocycles. The second kappa shape index (κ2) is 7.21. The molecule has 1 aromatic carbocycles. The Hall–Kier alpha value is -1.66. The lowest BCUT2D eigenvalue weighted by Gasteiger charge is -2.05. The number of amides is 1. The Bertz CT molecular complexity index is 600. The fourth-order valence-electron chi connectivity index (χ4n) is 1.52. The number of aromatic nitrogens is 1. The van der Waals surface area contributed by atoms with Crippen molar-refractivity contribution in [3.8, 4) is 0 Å². The van der Waals surface area contributed by atoms with E-state index >= 15 is 0 Å². The molecule has 1 heterocycles. The lowest BCUT2D eigenvalue weighted by Crippen LogP contribution is -2.05. The van der Waals surface area contributed by atoms with E-state index in [4.69, 9.17) is 0 Å². The number of benzene rings is 1. The van der Waals surface area contributed by atoms with Gasteiger partial charge in [-0.15, -0.1) is 0 Å². The Morgan fingerprint density at radius 1 is 1.30 bits per heavy atom. The fourth-order valence-corrected chi connectivity index (χ4v) is 2.69. The molecule has 2 rings (SSSR count). The Kier molecular flexibility index (Phi) is 5.31. The van der Waals surface area contributed by atoms with Crippen LogP contribution in [0.3, 0.4) is 0 Å². The maximum Gasteiger partial charge on any atom is 0.283 e. The molecule has 0 aliphatic rings. The van der Waals surface area contributed by atoms with Crippen molar-refractivity contribution in [1.29, 1.82) is 0 Å². The molecule has 1 amide bonds. The number of pyridine rings is 1. The number of rotatable bonds is 4. The highest BCUT2D eigenvalue weighted by Gasteiger charge is 2.04. The third-order valence-electron chi connectivity index (χ3n) is 2.53. The van der Waals surface area contributed by atoms with Crippen LogP contribution in [0.5, 0.6) is 0 Å². The van der Waals surface area contributed by atoms with Gasteiger partial charge in [0.05, 0.1) is 0 Å². The van der Waals surface area contributed by atoms with Gasteiger partial charge in [0.2, 0.25) is 0 Å². The summed E-state index contributed by atoms with van der Waals surface area (Å²) in [5.41, 5.74) is 1.70. The second-order valence-electron chi connectivity index (χ2n) is 4.04. The first-order valence-corrected chi connectivity index (χ1v) is 8.45. The zero-order chi connectivity index (χ0) is 14.4. The topological polar surface area (TPSA) is 59.1 Å². The predicted molar refractivity (Wildman–Crippen MR) is 83.3 cm³/mol. The first kappa shape index (κ1) is 14.7. The molecule has 0 fully saturated rings. The number of nitrogens with one attached hydrogen (secondary N) is 1. The highest BCUT2D eigenvalue weighted by Crippen LogP contribution is 2.17. The van der Waals surface area contributed by atoms with Gasteiger partial charge in [-0.05, 0) is 35.9 Å². The Morgan fingerprint density at radius 3 is 2.65 bits per heavy atom. The van der Waals surface area contributed by atoms with Crippen molar-refractivity contribution >= 4 is 33.5 Å². The summed E-state index contributed by atoms with van der Waals surface area (Å²) in [5, 5.41) is 2.66. The summed E-state index contributed by atoms with van der Waals surface area (Å²) in [7, 11) is -1.00. The maximum atomic E-state index is 11.8. The van der Waals surface area contributed by atoms with Crippen LogP contribution in [0.25, 0.3) is 0 Å². The molecular formula is C14H14N2O2S2. The van der Waals surface area contributed by atoms with Gasteiger partial charge in [0.1, 0.15) is 0 Å². The molecule has 1 N–H and O–H groups in total. The molecule has 2 aromatic rings. The Morgan fingerprint density at radius 2 is 2.05 bits per heavy atom. The van der Waals surface area contributed by atoms with E-state index in [1.54, 1.807) is 42.9 Å². The lowest BCUT2D eigenvalue weighted by molar-refractivity contribution is 0.269. The van der Waals surface area contributed by atoms with Crippen LogP contribution in [0.4, 0.5) is 10.5 Å². The van der Waals surface area contributed by atoms with Gasteiger partial charge < -0.3 is 5.32 Å². The minimum absolute atomic E-state index is 0.126. The summed E-state index contributed by atoms with van der Waals surface area (Å²) >= 11 is 1.18. The molecule has 104 valence electrons. The van der Waals surface area contributed by atoms with Crippen molar-refractivity contribution in [3.05, 3.63) is 54.4 Å². The number of anilines is 1. The zero-order valence-corrected chi connectivity index (χ0v) is 12.5. The highest BCUT2D eigenvalue weighted by molar-refractivity contribution is 8.13. The van der Waals surface area contributed by atoms with Crippen molar-refractivity contribution < 1.29 is 9.00 Å². The standard InChI is InChI=1S/C14H14N2O2S2/c1-20(18)13-6-4-12(5-7-13)16-14(17)19-10-11-3-2-8-15-9-11/h2-9H,10H2,1H3,(H,16,17). The first-order valence-electron chi connectivity index (χ1n) is 5.91. The van der Waals surface area contributed by atoms with Gasteiger partial charge in [0.25, 0.3) is 5.24 Å². The van der Waals surface area contributed by atoms with E-state index < -0.39 is 10.8 Å². The van der Waals surface area contributed by atoms with Crippen molar-refractivity contribution in [2.75, 3.05) is 11.6 Å². The molecule has 1 aromatic heterocycles. The quantitative estimate of drug-likeness (QED) is 0.941. The van der Waals surface area contributed by atoms with Gasteiger partial charge in [-0.1, -0.05) is 17.8 Å². The molecule has 0 radical (unpaired) electrons. The molecule has 0 aliphatic carbocycles. The minimum atomic E-state index is -1.00. The van der Waals surface area contributed by atoms with Gasteiger partial charge >= 0.3 is 0 Å². The van der Waals surface area contributed by atoms with Crippen LogP contribution in [0, 0.1) is 0 Å². The summed E-state index contributed by atoms with van der Waals surface area (Å²) in [5.74, 6) is 0.580. The maximum absolute atomic E-state index is 11.8. The van der Waals surface area contributed by atoms with Gasteiger partial charge in [0, 0.05) is 45.8 Å². The number of carbonyl (C=O) groups is 1. The SMILES string of the molecule is CS(=O)c1ccc(NC(=O)SCc2cccnc2)cc1. The van der Waals surface area contributed by atoms with Crippen molar-refractivity contribution in [3.63, 3.8) is 0 Å². The molecule has 4 nitrogen and oxygen atoms in total. The van der Waals surface area contributed by atoms with Crippen LogP contribution < -0.4 is 5.32 Å². The van der Waals surface area contributed by atoms with E-state index in [0.29, 0.717) is 11.4 Å². The van der Waals surface area contributed by atoms with Gasteiger partial charge in [-0.3, -0.25) is 14.0 Å². The molecule has 0 saturated carbocycles. The Labute approximate surface area is 124 Å². The average Bonchev–Trinajstić information content (AvgIpc) is 2.47. The molecule has 0 bridgehead atoms. The molecule has 20 heavy (non-hydrogen) atoms. The number of nitrogens with zero attached hydrogens (tertiary/aromatic N) is 1. The normalized spacial score (nSPS) is 11.8. The lowest BCUT2D eigenvalue weighted by atomic mass is 10.3. The molecule has 0 saturated heterocycles.